The van der Waals surface area contributed by atoms with Gasteiger partial charge in [0.05, 0.1) is 13.2 Å². The van der Waals surface area contributed by atoms with Gasteiger partial charge in [0.25, 0.3) is 0 Å². The van der Waals surface area contributed by atoms with Crippen LogP contribution in [-0.4, -0.2) is 91.2 Å². The summed E-state index contributed by atoms with van der Waals surface area (Å²) in [5.41, 5.74) is 0. The summed E-state index contributed by atoms with van der Waals surface area (Å²) in [6.45, 7) is 3.90. The van der Waals surface area contributed by atoms with Crippen LogP contribution in [0.3, 0.4) is 0 Å². The highest BCUT2D eigenvalue weighted by atomic mass is 16.7. The van der Waals surface area contributed by atoms with Crippen LogP contribution in [0.1, 0.15) is 12.8 Å². The number of rotatable bonds is 1. The van der Waals surface area contributed by atoms with Gasteiger partial charge in [-0.2, -0.15) is 0 Å². The molecule has 122 valence electrons. The fourth-order valence-electron chi connectivity index (χ4n) is 3.14. The molecule has 0 aromatic rings. The number of carbonyl (C=O) groups is 3. The molecule has 0 aromatic carbocycles. The van der Waals surface area contributed by atoms with E-state index in [0.717, 1.165) is 6.41 Å². The third-order valence-electron chi connectivity index (χ3n) is 4.56. The Balaban J connectivity index is 1.51. The Kier molecular flexibility index (Phi) is 4.30. The van der Waals surface area contributed by atoms with Crippen LogP contribution in [0.15, 0.2) is 0 Å². The molecular weight excluding hydrogens is 290 g/mol. The van der Waals surface area contributed by atoms with E-state index < -0.39 is 17.6 Å². The van der Waals surface area contributed by atoms with Crippen LogP contribution in [0.25, 0.3) is 0 Å². The summed E-state index contributed by atoms with van der Waals surface area (Å²) in [7, 11) is 0. The molecule has 3 aliphatic rings. The summed E-state index contributed by atoms with van der Waals surface area (Å²) < 4.78 is 11.2. The second kappa shape index (κ2) is 6.21. The van der Waals surface area contributed by atoms with E-state index in [1.165, 1.54) is 4.90 Å². The molecule has 3 heterocycles. The number of nitrogens with zero attached hydrogens (tertiary/aromatic N) is 3. The molecule has 3 amide bonds. The Morgan fingerprint density at radius 1 is 0.818 bits per heavy atom. The molecule has 8 nitrogen and oxygen atoms in total. The van der Waals surface area contributed by atoms with Crippen molar-refractivity contribution in [1.82, 2.24) is 14.7 Å². The Morgan fingerprint density at radius 2 is 1.32 bits per heavy atom. The highest BCUT2D eigenvalue weighted by Crippen LogP contribution is 2.31. The van der Waals surface area contributed by atoms with E-state index in [9.17, 15) is 14.4 Å². The molecule has 8 heteroatoms. The van der Waals surface area contributed by atoms with Gasteiger partial charge in [0.1, 0.15) is 0 Å². The number of hydrogen-bond donors (Lipinski definition) is 0. The van der Waals surface area contributed by atoms with Crippen molar-refractivity contribution in [3.8, 4) is 0 Å². The Labute approximate surface area is 128 Å². The number of piperazine rings is 1. The predicted octanol–water partition coefficient (Wildman–Crippen LogP) is -1.35. The SMILES string of the molecule is O=CN1CCN(C(=O)C(=O)N2CCC3(CC2)OCCO3)CC1. The summed E-state index contributed by atoms with van der Waals surface area (Å²) in [4.78, 5) is 40.0. The predicted molar refractivity (Wildman–Crippen MR) is 74.7 cm³/mol. The number of piperidine rings is 1. The lowest BCUT2D eigenvalue weighted by Crippen LogP contribution is -2.55. The van der Waals surface area contributed by atoms with E-state index in [1.54, 1.807) is 9.80 Å². The average Bonchev–Trinajstić information content (AvgIpc) is 3.02. The first kappa shape index (κ1) is 15.2. The first-order valence-corrected chi connectivity index (χ1v) is 7.69. The summed E-state index contributed by atoms with van der Waals surface area (Å²) in [5, 5.41) is 0. The fraction of sp³-hybridized carbons (Fsp3) is 0.786. The van der Waals surface area contributed by atoms with Gasteiger partial charge in [0.2, 0.25) is 6.41 Å². The van der Waals surface area contributed by atoms with Gasteiger partial charge in [-0.15, -0.1) is 0 Å². The van der Waals surface area contributed by atoms with E-state index in [-0.39, 0.29) is 0 Å². The molecule has 1 spiro atoms. The number of amides is 3. The smallest absolute Gasteiger partial charge is 0.312 e. The van der Waals surface area contributed by atoms with Crippen molar-refractivity contribution >= 4 is 18.2 Å². The molecule has 0 saturated carbocycles. The minimum Gasteiger partial charge on any atom is -0.347 e. The lowest BCUT2D eigenvalue weighted by Gasteiger charge is -2.38. The largest absolute Gasteiger partial charge is 0.347 e. The zero-order valence-electron chi connectivity index (χ0n) is 12.5. The van der Waals surface area contributed by atoms with Crippen molar-refractivity contribution in [3.05, 3.63) is 0 Å². The highest BCUT2D eigenvalue weighted by molar-refractivity contribution is 6.34. The normalized spacial score (nSPS) is 24.6. The van der Waals surface area contributed by atoms with Crippen molar-refractivity contribution < 1.29 is 23.9 Å². The lowest BCUT2D eigenvalue weighted by atomic mass is 10.0. The quantitative estimate of drug-likeness (QED) is 0.442. The summed E-state index contributed by atoms with van der Waals surface area (Å²) >= 11 is 0. The molecule has 3 saturated heterocycles. The maximum absolute atomic E-state index is 12.3. The van der Waals surface area contributed by atoms with Crippen LogP contribution in [0.2, 0.25) is 0 Å². The minimum absolute atomic E-state index is 0.410. The van der Waals surface area contributed by atoms with Crippen LogP contribution in [-0.2, 0) is 23.9 Å². The van der Waals surface area contributed by atoms with Crippen LogP contribution < -0.4 is 0 Å². The second-order valence-corrected chi connectivity index (χ2v) is 5.83. The van der Waals surface area contributed by atoms with E-state index in [1.807, 2.05) is 0 Å². The van der Waals surface area contributed by atoms with E-state index in [0.29, 0.717) is 65.3 Å². The van der Waals surface area contributed by atoms with Gasteiger partial charge in [-0.1, -0.05) is 0 Å². The number of hydrogen-bond acceptors (Lipinski definition) is 5. The van der Waals surface area contributed by atoms with Crippen molar-refractivity contribution in [3.63, 3.8) is 0 Å². The molecule has 0 atom stereocenters. The Hall–Kier alpha value is -1.67. The maximum Gasteiger partial charge on any atom is 0.312 e. The molecule has 0 bridgehead atoms. The average molecular weight is 311 g/mol. The standard InChI is InChI=1S/C14H21N3O5/c18-11-15-5-7-17(8-6-15)13(20)12(19)16-3-1-14(2-4-16)21-9-10-22-14/h11H,1-10H2. The summed E-state index contributed by atoms with van der Waals surface area (Å²) in [6, 6.07) is 0. The molecule has 0 N–H and O–H groups in total. The Bertz CT molecular complexity index is 445. The molecule has 3 fully saturated rings. The van der Waals surface area contributed by atoms with Gasteiger partial charge >= 0.3 is 11.8 Å². The van der Waals surface area contributed by atoms with Crippen molar-refractivity contribution in [1.29, 1.82) is 0 Å². The summed E-state index contributed by atoms with van der Waals surface area (Å²) in [6.07, 6.45) is 1.98. The second-order valence-electron chi connectivity index (χ2n) is 5.83. The van der Waals surface area contributed by atoms with Crippen LogP contribution in [0.4, 0.5) is 0 Å². The molecule has 0 radical (unpaired) electrons. The molecule has 0 aliphatic carbocycles. The van der Waals surface area contributed by atoms with Gasteiger partial charge < -0.3 is 24.2 Å². The third-order valence-corrected chi connectivity index (χ3v) is 4.56. The molecule has 3 rings (SSSR count). The maximum atomic E-state index is 12.3. The number of carbonyl (C=O) groups excluding carboxylic acids is 3. The van der Waals surface area contributed by atoms with Gasteiger partial charge in [0.15, 0.2) is 5.79 Å². The van der Waals surface area contributed by atoms with Crippen molar-refractivity contribution in [2.75, 3.05) is 52.5 Å². The van der Waals surface area contributed by atoms with E-state index in [2.05, 4.69) is 0 Å². The third kappa shape index (κ3) is 2.93. The molecule has 22 heavy (non-hydrogen) atoms. The van der Waals surface area contributed by atoms with Crippen LogP contribution >= 0.6 is 0 Å². The van der Waals surface area contributed by atoms with Crippen LogP contribution in [0, 0.1) is 0 Å². The van der Waals surface area contributed by atoms with Gasteiger partial charge in [0, 0.05) is 52.1 Å². The zero-order valence-corrected chi connectivity index (χ0v) is 12.5. The lowest BCUT2D eigenvalue weighted by molar-refractivity contribution is -0.188. The summed E-state index contributed by atoms with van der Waals surface area (Å²) in [5.74, 6) is -1.49. The van der Waals surface area contributed by atoms with Crippen molar-refractivity contribution in [2.45, 2.75) is 18.6 Å². The van der Waals surface area contributed by atoms with E-state index in [4.69, 9.17) is 9.47 Å². The Morgan fingerprint density at radius 3 is 1.82 bits per heavy atom. The molecule has 3 aliphatic heterocycles. The van der Waals surface area contributed by atoms with E-state index >= 15 is 0 Å². The first-order chi connectivity index (χ1) is 10.6. The number of ether oxygens (including phenoxy) is 2. The van der Waals surface area contributed by atoms with Gasteiger partial charge in [-0.05, 0) is 0 Å². The van der Waals surface area contributed by atoms with Gasteiger partial charge in [-0.25, -0.2) is 0 Å². The molecule has 0 unspecified atom stereocenters. The fourth-order valence-corrected chi connectivity index (χ4v) is 3.14. The monoisotopic (exact) mass is 311 g/mol. The molecule has 0 aromatic heterocycles. The number of likely N-dealkylation sites (tertiary alicyclic amines) is 1. The van der Waals surface area contributed by atoms with Crippen molar-refractivity contribution in [2.24, 2.45) is 0 Å². The first-order valence-electron chi connectivity index (χ1n) is 7.69. The van der Waals surface area contributed by atoms with Gasteiger partial charge in [-0.3, -0.25) is 14.4 Å². The highest BCUT2D eigenvalue weighted by Gasteiger charge is 2.42. The molecular formula is C14H21N3O5. The minimum atomic E-state index is -0.546. The van der Waals surface area contributed by atoms with Crippen LogP contribution in [0.5, 0.6) is 0 Å². The zero-order chi connectivity index (χ0) is 15.6. The topological polar surface area (TPSA) is 79.4 Å².